The molecule has 0 bridgehead atoms. The number of imidazole rings is 1. The van der Waals surface area contributed by atoms with Crippen LogP contribution in [0.1, 0.15) is 33.6 Å². The third-order valence-electron chi connectivity index (χ3n) is 4.66. The predicted octanol–water partition coefficient (Wildman–Crippen LogP) is 1.89. The van der Waals surface area contributed by atoms with Crippen molar-refractivity contribution in [3.8, 4) is 5.82 Å². The molecule has 4 rings (SSSR count). The van der Waals surface area contributed by atoms with Crippen LogP contribution in [0.25, 0.3) is 5.82 Å². The molecule has 0 atom stereocenters. The molecule has 8 heteroatoms. The fraction of sp³-hybridized carbons (Fsp3) is 0.263. The second kappa shape index (κ2) is 7.45. The number of amides is 2. The van der Waals surface area contributed by atoms with Gasteiger partial charge in [-0.05, 0) is 31.0 Å². The molecule has 0 saturated carbocycles. The van der Waals surface area contributed by atoms with Crippen molar-refractivity contribution in [1.82, 2.24) is 24.8 Å². The quantitative estimate of drug-likeness (QED) is 0.762. The third-order valence-corrected chi connectivity index (χ3v) is 4.66. The molecule has 0 spiro atoms. The van der Waals surface area contributed by atoms with Gasteiger partial charge in [-0.2, -0.15) is 0 Å². The van der Waals surface area contributed by atoms with Crippen molar-refractivity contribution in [2.45, 2.75) is 18.9 Å². The lowest BCUT2D eigenvalue weighted by molar-refractivity contribution is 0.0697. The number of nitrogens with zero attached hydrogens (tertiary/aromatic N) is 4. The standard InChI is InChI=1S/C19H19N5O3/c25-18(14-1-2-17(21-11-14)24-9-6-20-13-24)22-16-3-7-23(8-4-16)19(26)15-5-10-27-12-15/h1-2,5-6,9-13,16H,3-4,7-8H2,(H,22,25). The van der Waals surface area contributed by atoms with Gasteiger partial charge in [0, 0.05) is 37.7 Å². The average Bonchev–Trinajstić information content (AvgIpc) is 3.42. The van der Waals surface area contributed by atoms with Crippen LogP contribution in [0.4, 0.5) is 0 Å². The number of likely N-dealkylation sites (tertiary alicyclic amines) is 1. The molecule has 1 aliphatic heterocycles. The lowest BCUT2D eigenvalue weighted by Crippen LogP contribution is -2.46. The molecule has 3 aromatic rings. The molecule has 0 unspecified atom stereocenters. The molecule has 8 nitrogen and oxygen atoms in total. The Morgan fingerprint density at radius 3 is 2.63 bits per heavy atom. The third kappa shape index (κ3) is 3.74. The van der Waals surface area contributed by atoms with Crippen LogP contribution in [0.15, 0.2) is 60.1 Å². The fourth-order valence-electron chi connectivity index (χ4n) is 3.13. The van der Waals surface area contributed by atoms with Gasteiger partial charge in [0.15, 0.2) is 0 Å². The van der Waals surface area contributed by atoms with E-state index >= 15 is 0 Å². The molecular formula is C19H19N5O3. The zero-order valence-corrected chi connectivity index (χ0v) is 14.6. The molecule has 1 fully saturated rings. The molecular weight excluding hydrogens is 346 g/mol. The Bertz CT molecular complexity index is 895. The van der Waals surface area contributed by atoms with E-state index in [0.717, 1.165) is 12.8 Å². The molecule has 4 heterocycles. The Labute approximate surface area is 155 Å². The first-order valence-electron chi connectivity index (χ1n) is 8.77. The molecule has 27 heavy (non-hydrogen) atoms. The van der Waals surface area contributed by atoms with E-state index in [1.165, 1.54) is 12.5 Å². The number of carbonyl (C=O) groups is 2. The maximum Gasteiger partial charge on any atom is 0.257 e. The van der Waals surface area contributed by atoms with Crippen LogP contribution < -0.4 is 5.32 Å². The summed E-state index contributed by atoms with van der Waals surface area (Å²) in [4.78, 5) is 34.8. The van der Waals surface area contributed by atoms with Crippen LogP contribution in [-0.4, -0.2) is 50.4 Å². The van der Waals surface area contributed by atoms with Gasteiger partial charge >= 0.3 is 0 Å². The van der Waals surface area contributed by atoms with E-state index in [0.29, 0.717) is 30.0 Å². The van der Waals surface area contributed by atoms with Crippen molar-refractivity contribution in [2.75, 3.05) is 13.1 Å². The highest BCUT2D eigenvalue weighted by atomic mass is 16.3. The number of nitrogens with one attached hydrogen (secondary N) is 1. The highest BCUT2D eigenvalue weighted by Gasteiger charge is 2.25. The fourth-order valence-corrected chi connectivity index (χ4v) is 3.13. The van der Waals surface area contributed by atoms with E-state index < -0.39 is 0 Å². The zero-order chi connectivity index (χ0) is 18.6. The summed E-state index contributed by atoms with van der Waals surface area (Å²) < 4.78 is 6.74. The van der Waals surface area contributed by atoms with Crippen LogP contribution in [-0.2, 0) is 0 Å². The van der Waals surface area contributed by atoms with Gasteiger partial charge in [-0.3, -0.25) is 14.2 Å². The minimum absolute atomic E-state index is 0.0344. The van der Waals surface area contributed by atoms with Crippen molar-refractivity contribution in [2.24, 2.45) is 0 Å². The molecule has 0 aliphatic carbocycles. The molecule has 0 radical (unpaired) electrons. The van der Waals surface area contributed by atoms with E-state index in [9.17, 15) is 9.59 Å². The van der Waals surface area contributed by atoms with Crippen molar-refractivity contribution >= 4 is 11.8 Å². The predicted molar refractivity (Wildman–Crippen MR) is 96.5 cm³/mol. The van der Waals surface area contributed by atoms with Crippen molar-refractivity contribution < 1.29 is 14.0 Å². The number of carbonyl (C=O) groups excluding carboxylic acids is 2. The molecule has 138 valence electrons. The van der Waals surface area contributed by atoms with Gasteiger partial charge in [0.25, 0.3) is 11.8 Å². The second-order valence-corrected chi connectivity index (χ2v) is 6.43. The van der Waals surface area contributed by atoms with Crippen LogP contribution in [0, 0.1) is 0 Å². The molecule has 1 N–H and O–H groups in total. The summed E-state index contributed by atoms with van der Waals surface area (Å²) in [5.74, 6) is 0.516. The van der Waals surface area contributed by atoms with Gasteiger partial charge in [0.05, 0.1) is 17.4 Å². The summed E-state index contributed by atoms with van der Waals surface area (Å²) in [7, 11) is 0. The van der Waals surface area contributed by atoms with Gasteiger partial charge in [-0.1, -0.05) is 0 Å². The summed E-state index contributed by atoms with van der Waals surface area (Å²) in [6, 6.07) is 5.23. The van der Waals surface area contributed by atoms with E-state index in [4.69, 9.17) is 4.42 Å². The first-order valence-corrected chi connectivity index (χ1v) is 8.77. The monoisotopic (exact) mass is 365 g/mol. The highest BCUT2D eigenvalue weighted by molar-refractivity contribution is 5.95. The Balaban J connectivity index is 1.31. The molecule has 1 saturated heterocycles. The maximum atomic E-state index is 12.4. The Morgan fingerprint density at radius 1 is 1.15 bits per heavy atom. The number of hydrogen-bond donors (Lipinski definition) is 1. The van der Waals surface area contributed by atoms with Crippen molar-refractivity contribution in [3.63, 3.8) is 0 Å². The van der Waals surface area contributed by atoms with Crippen LogP contribution in [0.5, 0.6) is 0 Å². The summed E-state index contributed by atoms with van der Waals surface area (Å²) in [6.45, 7) is 1.21. The van der Waals surface area contributed by atoms with Crippen molar-refractivity contribution in [3.05, 3.63) is 66.8 Å². The summed E-state index contributed by atoms with van der Waals surface area (Å²) in [5, 5.41) is 3.03. The zero-order valence-electron chi connectivity index (χ0n) is 14.6. The van der Waals surface area contributed by atoms with Crippen LogP contribution >= 0.6 is 0 Å². The maximum absolute atomic E-state index is 12.4. The van der Waals surface area contributed by atoms with E-state index in [2.05, 4.69) is 15.3 Å². The Morgan fingerprint density at radius 2 is 2.00 bits per heavy atom. The van der Waals surface area contributed by atoms with Gasteiger partial charge in [-0.25, -0.2) is 9.97 Å². The number of rotatable bonds is 4. The second-order valence-electron chi connectivity index (χ2n) is 6.43. The topological polar surface area (TPSA) is 93.3 Å². The number of hydrogen-bond acceptors (Lipinski definition) is 5. The smallest absolute Gasteiger partial charge is 0.257 e. The number of pyridine rings is 1. The van der Waals surface area contributed by atoms with E-state index in [1.807, 2.05) is 0 Å². The highest BCUT2D eigenvalue weighted by Crippen LogP contribution is 2.15. The van der Waals surface area contributed by atoms with Gasteiger partial charge < -0.3 is 14.6 Å². The summed E-state index contributed by atoms with van der Waals surface area (Å²) >= 11 is 0. The Kier molecular flexibility index (Phi) is 4.69. The summed E-state index contributed by atoms with van der Waals surface area (Å²) in [6.07, 6.45) is 11.1. The first-order chi connectivity index (χ1) is 13.2. The number of furan rings is 1. The average molecular weight is 365 g/mol. The lowest BCUT2D eigenvalue weighted by Gasteiger charge is -2.32. The SMILES string of the molecule is O=C(NC1CCN(C(=O)c2ccoc2)CC1)c1ccc(-n2ccnc2)nc1. The Hall–Kier alpha value is -3.42. The molecule has 0 aromatic carbocycles. The van der Waals surface area contributed by atoms with Crippen LogP contribution in [0.3, 0.4) is 0 Å². The van der Waals surface area contributed by atoms with Crippen molar-refractivity contribution in [1.29, 1.82) is 0 Å². The normalized spacial score (nSPS) is 14.9. The molecule has 3 aromatic heterocycles. The lowest BCUT2D eigenvalue weighted by atomic mass is 10.0. The van der Waals surface area contributed by atoms with Gasteiger partial charge in [-0.15, -0.1) is 0 Å². The van der Waals surface area contributed by atoms with Gasteiger partial charge in [0.1, 0.15) is 18.4 Å². The number of aromatic nitrogens is 3. The van der Waals surface area contributed by atoms with Crippen LogP contribution in [0.2, 0.25) is 0 Å². The largest absolute Gasteiger partial charge is 0.472 e. The number of piperidine rings is 1. The van der Waals surface area contributed by atoms with E-state index in [1.54, 1.807) is 52.6 Å². The first kappa shape index (κ1) is 17.0. The minimum atomic E-state index is -0.153. The summed E-state index contributed by atoms with van der Waals surface area (Å²) in [5.41, 5.74) is 1.07. The van der Waals surface area contributed by atoms with Gasteiger partial charge in [0.2, 0.25) is 0 Å². The molecule has 2 amide bonds. The van der Waals surface area contributed by atoms with E-state index in [-0.39, 0.29) is 17.9 Å². The minimum Gasteiger partial charge on any atom is -0.472 e. The molecule has 1 aliphatic rings.